The summed E-state index contributed by atoms with van der Waals surface area (Å²) < 4.78 is 5.43. The number of hydrogen-bond donors (Lipinski definition) is 1. The van der Waals surface area contributed by atoms with Crippen LogP contribution in [0.1, 0.15) is 23.2 Å². The first-order valence-electron chi connectivity index (χ1n) is 9.84. The number of anilines is 1. The minimum Gasteiger partial charge on any atom is -0.496 e. The van der Waals surface area contributed by atoms with E-state index < -0.39 is 0 Å². The SMILES string of the molecule is COc1ccc(C(=O)N2CCCC(C(=O)Nc3ccc(Cl)nc3)C2)c2ccccc12. The molecule has 154 valence electrons. The van der Waals surface area contributed by atoms with Crippen molar-refractivity contribution in [2.24, 2.45) is 5.92 Å². The summed E-state index contributed by atoms with van der Waals surface area (Å²) in [6.07, 6.45) is 3.03. The van der Waals surface area contributed by atoms with Gasteiger partial charge in [0.2, 0.25) is 5.91 Å². The minimum atomic E-state index is -0.275. The highest BCUT2D eigenvalue weighted by molar-refractivity contribution is 6.29. The predicted molar refractivity (Wildman–Crippen MR) is 117 cm³/mol. The highest BCUT2D eigenvalue weighted by Gasteiger charge is 2.29. The van der Waals surface area contributed by atoms with Crippen molar-refractivity contribution < 1.29 is 14.3 Å². The van der Waals surface area contributed by atoms with Gasteiger partial charge in [-0.3, -0.25) is 9.59 Å². The molecule has 1 unspecified atom stereocenters. The van der Waals surface area contributed by atoms with Crippen LogP contribution >= 0.6 is 11.6 Å². The van der Waals surface area contributed by atoms with Crippen LogP contribution < -0.4 is 10.1 Å². The fourth-order valence-electron chi connectivity index (χ4n) is 3.88. The van der Waals surface area contributed by atoms with E-state index in [4.69, 9.17) is 16.3 Å². The lowest BCUT2D eigenvalue weighted by Gasteiger charge is -2.32. The fraction of sp³-hybridized carbons (Fsp3) is 0.261. The van der Waals surface area contributed by atoms with Gasteiger partial charge in [0, 0.05) is 24.0 Å². The number of amides is 2. The van der Waals surface area contributed by atoms with Crippen LogP contribution in [-0.4, -0.2) is 41.9 Å². The summed E-state index contributed by atoms with van der Waals surface area (Å²) in [5.74, 6) is 0.272. The highest BCUT2D eigenvalue weighted by atomic mass is 35.5. The molecule has 0 bridgehead atoms. The first-order chi connectivity index (χ1) is 14.6. The number of likely N-dealkylation sites (tertiary alicyclic amines) is 1. The second-order valence-corrected chi connectivity index (χ2v) is 7.70. The van der Waals surface area contributed by atoms with Crippen LogP contribution in [0.4, 0.5) is 5.69 Å². The van der Waals surface area contributed by atoms with Crippen molar-refractivity contribution in [2.75, 3.05) is 25.5 Å². The van der Waals surface area contributed by atoms with Crippen LogP contribution in [0.25, 0.3) is 10.8 Å². The maximum absolute atomic E-state index is 13.3. The lowest BCUT2D eigenvalue weighted by Crippen LogP contribution is -2.43. The molecule has 1 aliphatic heterocycles. The van der Waals surface area contributed by atoms with Gasteiger partial charge < -0.3 is 15.0 Å². The molecule has 0 radical (unpaired) electrons. The van der Waals surface area contributed by atoms with E-state index in [1.165, 1.54) is 6.20 Å². The molecule has 7 heteroatoms. The number of carbonyl (C=O) groups excluding carboxylic acids is 2. The number of halogens is 1. The van der Waals surface area contributed by atoms with Crippen molar-refractivity contribution in [1.82, 2.24) is 9.88 Å². The number of rotatable bonds is 4. The van der Waals surface area contributed by atoms with E-state index in [0.29, 0.717) is 29.5 Å². The number of aromatic nitrogens is 1. The Bertz CT molecular complexity index is 1080. The Balaban J connectivity index is 1.52. The van der Waals surface area contributed by atoms with Crippen molar-refractivity contribution in [3.05, 3.63) is 65.4 Å². The first-order valence-corrected chi connectivity index (χ1v) is 10.2. The molecule has 1 saturated heterocycles. The van der Waals surface area contributed by atoms with Crippen LogP contribution in [0, 0.1) is 5.92 Å². The topological polar surface area (TPSA) is 71.5 Å². The van der Waals surface area contributed by atoms with Crippen molar-refractivity contribution in [1.29, 1.82) is 0 Å². The summed E-state index contributed by atoms with van der Waals surface area (Å²) >= 11 is 5.79. The summed E-state index contributed by atoms with van der Waals surface area (Å²) in [5, 5.41) is 4.98. The highest BCUT2D eigenvalue weighted by Crippen LogP contribution is 2.30. The van der Waals surface area contributed by atoms with Gasteiger partial charge in [-0.05, 0) is 42.5 Å². The largest absolute Gasteiger partial charge is 0.496 e. The Morgan fingerprint density at radius 1 is 1.13 bits per heavy atom. The molecule has 0 aliphatic carbocycles. The molecule has 1 N–H and O–H groups in total. The molecule has 1 aliphatic rings. The fourth-order valence-corrected chi connectivity index (χ4v) is 3.99. The van der Waals surface area contributed by atoms with E-state index in [-0.39, 0.29) is 17.7 Å². The number of fused-ring (bicyclic) bond motifs is 1. The molecule has 0 saturated carbocycles. The number of ether oxygens (including phenoxy) is 1. The standard InChI is InChI=1S/C23H22ClN3O3/c1-30-20-10-9-19(17-6-2-3-7-18(17)20)23(29)27-12-4-5-15(14-27)22(28)26-16-8-11-21(24)25-13-16/h2-3,6-11,13,15H,4-5,12,14H2,1H3,(H,26,28). The summed E-state index contributed by atoms with van der Waals surface area (Å²) in [6.45, 7) is 1.01. The molecule has 0 spiro atoms. The number of piperidine rings is 1. The van der Waals surface area contributed by atoms with Crippen LogP contribution in [0.15, 0.2) is 54.7 Å². The number of benzene rings is 2. The molecule has 1 aromatic heterocycles. The van der Waals surface area contributed by atoms with E-state index in [0.717, 1.165) is 29.4 Å². The molecular formula is C23H22ClN3O3. The third-order valence-corrected chi connectivity index (χ3v) is 5.63. The number of carbonyl (C=O) groups is 2. The molecule has 4 rings (SSSR count). The normalized spacial score (nSPS) is 16.3. The van der Waals surface area contributed by atoms with Gasteiger partial charge >= 0.3 is 0 Å². The van der Waals surface area contributed by atoms with E-state index in [1.54, 1.807) is 30.2 Å². The van der Waals surface area contributed by atoms with Gasteiger partial charge in [0.1, 0.15) is 10.9 Å². The summed E-state index contributed by atoms with van der Waals surface area (Å²) in [5.41, 5.74) is 1.21. The Hall–Kier alpha value is -3.12. The first kappa shape index (κ1) is 20.2. The predicted octanol–water partition coefficient (Wildman–Crippen LogP) is 4.39. The van der Waals surface area contributed by atoms with Gasteiger partial charge in [0.05, 0.1) is 24.9 Å². The van der Waals surface area contributed by atoms with Crippen LogP contribution in [-0.2, 0) is 4.79 Å². The molecule has 30 heavy (non-hydrogen) atoms. The lowest BCUT2D eigenvalue weighted by atomic mass is 9.95. The third-order valence-electron chi connectivity index (χ3n) is 5.41. The number of methoxy groups -OCH3 is 1. The Morgan fingerprint density at radius 3 is 2.67 bits per heavy atom. The third kappa shape index (κ3) is 4.09. The molecule has 1 atom stereocenters. The van der Waals surface area contributed by atoms with Gasteiger partial charge in [0.15, 0.2) is 0 Å². The quantitative estimate of drug-likeness (QED) is 0.632. The molecule has 3 aromatic rings. The number of pyridine rings is 1. The molecule has 2 aromatic carbocycles. The zero-order valence-electron chi connectivity index (χ0n) is 16.6. The zero-order chi connectivity index (χ0) is 21.1. The summed E-state index contributed by atoms with van der Waals surface area (Å²) in [7, 11) is 1.62. The van der Waals surface area contributed by atoms with Crippen LogP contribution in [0.5, 0.6) is 5.75 Å². The monoisotopic (exact) mass is 423 g/mol. The molecule has 6 nitrogen and oxygen atoms in total. The average Bonchev–Trinajstić information content (AvgIpc) is 2.79. The molecule has 2 amide bonds. The van der Waals surface area contributed by atoms with Gasteiger partial charge in [-0.15, -0.1) is 0 Å². The number of nitrogens with zero attached hydrogens (tertiary/aromatic N) is 2. The van der Waals surface area contributed by atoms with Gasteiger partial charge in [0.25, 0.3) is 5.91 Å². The van der Waals surface area contributed by atoms with Crippen molar-refractivity contribution in [3.8, 4) is 5.75 Å². The van der Waals surface area contributed by atoms with E-state index in [9.17, 15) is 9.59 Å². The lowest BCUT2D eigenvalue weighted by molar-refractivity contribution is -0.121. The Kier molecular flexibility index (Phi) is 5.86. The molecule has 2 heterocycles. The Labute approximate surface area is 179 Å². The smallest absolute Gasteiger partial charge is 0.254 e. The van der Waals surface area contributed by atoms with E-state index in [1.807, 2.05) is 30.3 Å². The van der Waals surface area contributed by atoms with Gasteiger partial charge in [-0.1, -0.05) is 35.9 Å². The van der Waals surface area contributed by atoms with E-state index >= 15 is 0 Å². The Morgan fingerprint density at radius 2 is 1.93 bits per heavy atom. The number of nitrogens with one attached hydrogen (secondary N) is 1. The maximum atomic E-state index is 13.3. The average molecular weight is 424 g/mol. The van der Waals surface area contributed by atoms with Crippen molar-refractivity contribution in [2.45, 2.75) is 12.8 Å². The molecule has 1 fully saturated rings. The minimum absolute atomic E-state index is 0.0699. The summed E-state index contributed by atoms with van der Waals surface area (Å²) in [4.78, 5) is 31.8. The van der Waals surface area contributed by atoms with Crippen molar-refractivity contribution in [3.63, 3.8) is 0 Å². The maximum Gasteiger partial charge on any atom is 0.254 e. The number of hydrogen-bond acceptors (Lipinski definition) is 4. The van der Waals surface area contributed by atoms with Gasteiger partial charge in [-0.2, -0.15) is 0 Å². The van der Waals surface area contributed by atoms with Crippen molar-refractivity contribution >= 4 is 39.9 Å². The van der Waals surface area contributed by atoms with Crippen LogP contribution in [0.3, 0.4) is 0 Å². The second kappa shape index (κ2) is 8.71. The second-order valence-electron chi connectivity index (χ2n) is 7.31. The van der Waals surface area contributed by atoms with E-state index in [2.05, 4.69) is 10.3 Å². The van der Waals surface area contributed by atoms with Gasteiger partial charge in [-0.25, -0.2) is 4.98 Å². The summed E-state index contributed by atoms with van der Waals surface area (Å²) in [6, 6.07) is 14.6. The van der Waals surface area contributed by atoms with Crippen LogP contribution in [0.2, 0.25) is 5.15 Å². The molecular weight excluding hydrogens is 402 g/mol. The zero-order valence-corrected chi connectivity index (χ0v) is 17.4.